The van der Waals surface area contributed by atoms with Gasteiger partial charge < -0.3 is 4.74 Å². The van der Waals surface area contributed by atoms with Crippen LogP contribution in [0.3, 0.4) is 0 Å². The Morgan fingerprint density at radius 3 is 2.64 bits per heavy atom. The van der Waals surface area contributed by atoms with E-state index in [2.05, 4.69) is 4.98 Å². The fraction of sp³-hybridized carbons (Fsp3) is 0.316. The highest BCUT2D eigenvalue weighted by molar-refractivity contribution is 7.21. The molecule has 0 aliphatic heterocycles. The summed E-state index contributed by atoms with van der Waals surface area (Å²) in [6.45, 7) is 5.66. The number of hydrogen-bond donors (Lipinski definition) is 0. The Hall–Kier alpha value is -2.47. The van der Waals surface area contributed by atoms with Gasteiger partial charge in [-0.15, -0.1) is 11.3 Å². The number of thiophene rings is 1. The molecule has 0 spiro atoms. The van der Waals surface area contributed by atoms with E-state index >= 15 is 0 Å². The number of ether oxygens (including phenoxy) is 1. The predicted octanol–water partition coefficient (Wildman–Crippen LogP) is 3.95. The van der Waals surface area contributed by atoms with Crippen molar-refractivity contribution in [1.82, 2.24) is 9.55 Å². The van der Waals surface area contributed by atoms with Crippen LogP contribution in [0.4, 0.5) is 0 Å². The number of fused-ring (bicyclic) bond motifs is 1. The summed E-state index contributed by atoms with van der Waals surface area (Å²) in [4.78, 5) is 31.5. The maximum atomic E-state index is 13.0. The van der Waals surface area contributed by atoms with E-state index < -0.39 is 12.0 Å². The number of aromatic nitrogens is 2. The summed E-state index contributed by atoms with van der Waals surface area (Å²) in [5.41, 5.74) is 0.854. The van der Waals surface area contributed by atoms with Crippen LogP contribution >= 0.6 is 11.3 Å². The van der Waals surface area contributed by atoms with Crippen molar-refractivity contribution in [2.24, 2.45) is 0 Å². The van der Waals surface area contributed by atoms with Crippen LogP contribution in [0.1, 0.15) is 32.1 Å². The van der Waals surface area contributed by atoms with E-state index in [-0.39, 0.29) is 12.2 Å². The molecule has 0 aliphatic rings. The predicted molar refractivity (Wildman–Crippen MR) is 100 cm³/mol. The van der Waals surface area contributed by atoms with Crippen LogP contribution in [-0.2, 0) is 9.53 Å². The maximum Gasteiger partial charge on any atom is 0.329 e. The van der Waals surface area contributed by atoms with Gasteiger partial charge in [0, 0.05) is 4.88 Å². The summed E-state index contributed by atoms with van der Waals surface area (Å²) >= 11 is 1.48. The first kappa shape index (κ1) is 17.4. The third-order valence-electron chi connectivity index (χ3n) is 4.09. The summed E-state index contributed by atoms with van der Waals surface area (Å²) in [5, 5.41) is 0.539. The Kier molecular flexibility index (Phi) is 4.99. The summed E-state index contributed by atoms with van der Waals surface area (Å²) in [6.07, 6.45) is 0.475. The lowest BCUT2D eigenvalue weighted by molar-refractivity contribution is -0.147. The van der Waals surface area contributed by atoms with Crippen LogP contribution in [0, 0.1) is 6.92 Å². The minimum absolute atomic E-state index is 0.194. The summed E-state index contributed by atoms with van der Waals surface area (Å²) in [7, 11) is 0. The molecule has 0 saturated heterocycles. The quantitative estimate of drug-likeness (QED) is 0.650. The number of carbonyl (C=O) groups excluding carboxylic acids is 1. The SMILES string of the molecule is CCOC(=O)C(CC)n1c(C)nc2sc(-c3ccccc3)cc2c1=O. The first-order valence-corrected chi connectivity index (χ1v) is 9.13. The van der Waals surface area contributed by atoms with Gasteiger partial charge in [-0.1, -0.05) is 37.3 Å². The minimum atomic E-state index is -0.649. The zero-order chi connectivity index (χ0) is 18.0. The molecule has 0 saturated carbocycles. The Morgan fingerprint density at radius 2 is 2.00 bits per heavy atom. The van der Waals surface area contributed by atoms with E-state index in [9.17, 15) is 9.59 Å². The van der Waals surface area contributed by atoms with Gasteiger partial charge in [0.2, 0.25) is 0 Å². The molecule has 3 rings (SSSR count). The van der Waals surface area contributed by atoms with Gasteiger partial charge in [0.1, 0.15) is 16.7 Å². The lowest BCUT2D eigenvalue weighted by Crippen LogP contribution is -2.33. The van der Waals surface area contributed by atoms with Crippen LogP contribution in [-0.4, -0.2) is 22.1 Å². The number of rotatable bonds is 5. The van der Waals surface area contributed by atoms with Crippen molar-refractivity contribution in [2.75, 3.05) is 6.61 Å². The average Bonchev–Trinajstić information content (AvgIpc) is 3.03. The monoisotopic (exact) mass is 356 g/mol. The van der Waals surface area contributed by atoms with E-state index in [1.165, 1.54) is 15.9 Å². The number of aryl methyl sites for hydroxylation is 1. The standard InChI is InChI=1S/C19H20N2O3S/c1-4-15(19(23)24-5-2)21-12(3)20-17-14(18(21)22)11-16(25-17)13-9-7-6-8-10-13/h6-11,15H,4-5H2,1-3H3. The highest BCUT2D eigenvalue weighted by Crippen LogP contribution is 2.31. The summed E-state index contributed by atoms with van der Waals surface area (Å²) in [5.74, 6) is 0.133. The van der Waals surface area contributed by atoms with Gasteiger partial charge in [-0.05, 0) is 31.9 Å². The van der Waals surface area contributed by atoms with Gasteiger partial charge in [-0.3, -0.25) is 9.36 Å². The highest BCUT2D eigenvalue weighted by atomic mass is 32.1. The topological polar surface area (TPSA) is 61.2 Å². The Bertz CT molecular complexity index is 960. The molecule has 2 heterocycles. The maximum absolute atomic E-state index is 13.0. The largest absolute Gasteiger partial charge is 0.464 e. The molecule has 25 heavy (non-hydrogen) atoms. The number of nitrogens with zero attached hydrogens (tertiary/aromatic N) is 2. The first-order chi connectivity index (χ1) is 12.1. The molecule has 0 amide bonds. The molecule has 5 nitrogen and oxygen atoms in total. The van der Waals surface area contributed by atoms with Crippen molar-refractivity contribution in [1.29, 1.82) is 0 Å². The lowest BCUT2D eigenvalue weighted by Gasteiger charge is -2.18. The molecule has 2 aromatic heterocycles. The van der Waals surface area contributed by atoms with Crippen molar-refractivity contribution in [2.45, 2.75) is 33.2 Å². The van der Waals surface area contributed by atoms with Crippen molar-refractivity contribution in [3.63, 3.8) is 0 Å². The summed E-state index contributed by atoms with van der Waals surface area (Å²) < 4.78 is 6.58. The van der Waals surface area contributed by atoms with Crippen molar-refractivity contribution >= 4 is 27.5 Å². The average molecular weight is 356 g/mol. The van der Waals surface area contributed by atoms with Crippen LogP contribution in [0.25, 0.3) is 20.7 Å². The molecule has 0 radical (unpaired) electrons. The number of hydrogen-bond acceptors (Lipinski definition) is 5. The van der Waals surface area contributed by atoms with E-state index in [1.807, 2.05) is 43.3 Å². The van der Waals surface area contributed by atoms with Gasteiger partial charge in [0.15, 0.2) is 0 Å². The van der Waals surface area contributed by atoms with Crippen LogP contribution in [0.2, 0.25) is 0 Å². The summed E-state index contributed by atoms with van der Waals surface area (Å²) in [6, 6.07) is 11.1. The van der Waals surface area contributed by atoms with Gasteiger partial charge in [-0.25, -0.2) is 9.78 Å². The zero-order valence-electron chi connectivity index (χ0n) is 14.5. The van der Waals surface area contributed by atoms with Gasteiger partial charge >= 0.3 is 5.97 Å². The van der Waals surface area contributed by atoms with E-state index in [0.717, 1.165) is 10.4 Å². The van der Waals surface area contributed by atoms with Crippen LogP contribution in [0.5, 0.6) is 0 Å². The van der Waals surface area contributed by atoms with Crippen molar-refractivity contribution in [3.8, 4) is 10.4 Å². The molecule has 130 valence electrons. The van der Waals surface area contributed by atoms with E-state index in [0.29, 0.717) is 22.5 Å². The molecule has 6 heteroatoms. The van der Waals surface area contributed by atoms with Gasteiger partial charge in [-0.2, -0.15) is 0 Å². The first-order valence-electron chi connectivity index (χ1n) is 8.31. The Morgan fingerprint density at radius 1 is 1.28 bits per heavy atom. The second-order valence-corrected chi connectivity index (χ2v) is 6.74. The molecule has 1 atom stereocenters. The Labute approximate surface area is 149 Å². The second kappa shape index (κ2) is 7.19. The second-order valence-electron chi connectivity index (χ2n) is 5.71. The van der Waals surface area contributed by atoms with Crippen molar-refractivity contribution in [3.05, 3.63) is 52.6 Å². The molecule has 1 aromatic carbocycles. The van der Waals surface area contributed by atoms with Gasteiger partial charge in [0.05, 0.1) is 12.0 Å². The third kappa shape index (κ3) is 3.22. The van der Waals surface area contributed by atoms with Crippen molar-refractivity contribution < 1.29 is 9.53 Å². The normalized spacial score (nSPS) is 12.3. The Balaban J connectivity index is 2.15. The highest BCUT2D eigenvalue weighted by Gasteiger charge is 2.24. The molecule has 0 bridgehead atoms. The van der Waals surface area contributed by atoms with Crippen LogP contribution in [0.15, 0.2) is 41.2 Å². The minimum Gasteiger partial charge on any atom is -0.464 e. The van der Waals surface area contributed by atoms with E-state index in [1.54, 1.807) is 13.8 Å². The van der Waals surface area contributed by atoms with E-state index in [4.69, 9.17) is 4.74 Å². The molecule has 0 fully saturated rings. The smallest absolute Gasteiger partial charge is 0.329 e. The fourth-order valence-electron chi connectivity index (χ4n) is 2.90. The zero-order valence-corrected chi connectivity index (χ0v) is 15.3. The number of esters is 1. The molecule has 0 N–H and O–H groups in total. The number of carbonyl (C=O) groups is 1. The fourth-order valence-corrected chi connectivity index (χ4v) is 3.97. The number of benzene rings is 1. The van der Waals surface area contributed by atoms with Gasteiger partial charge in [0.25, 0.3) is 5.56 Å². The lowest BCUT2D eigenvalue weighted by atomic mass is 10.2. The molecule has 1 unspecified atom stereocenters. The van der Waals surface area contributed by atoms with Crippen LogP contribution < -0.4 is 5.56 Å². The molecular formula is C19H20N2O3S. The molecular weight excluding hydrogens is 336 g/mol. The molecule has 0 aliphatic carbocycles. The third-order valence-corrected chi connectivity index (χ3v) is 5.17. The molecule has 3 aromatic rings.